The summed E-state index contributed by atoms with van der Waals surface area (Å²) in [6.45, 7) is 8.25. The van der Waals surface area contributed by atoms with E-state index in [2.05, 4.69) is 13.8 Å². The Morgan fingerprint density at radius 1 is 1.26 bits per heavy atom. The van der Waals surface area contributed by atoms with Crippen LogP contribution in [0.5, 0.6) is 11.5 Å². The van der Waals surface area contributed by atoms with Gasteiger partial charge in [0.05, 0.1) is 18.4 Å². The summed E-state index contributed by atoms with van der Waals surface area (Å²) in [5.74, 6) is 1.41. The Hall–Kier alpha value is -1.42. The van der Waals surface area contributed by atoms with E-state index in [0.29, 0.717) is 11.4 Å². The molecule has 0 spiro atoms. The highest BCUT2D eigenvalue weighted by Crippen LogP contribution is 2.40. The molecule has 106 valence electrons. The Morgan fingerprint density at radius 3 is 2.42 bits per heavy atom. The van der Waals surface area contributed by atoms with Crippen molar-refractivity contribution in [3.05, 3.63) is 18.2 Å². The van der Waals surface area contributed by atoms with Gasteiger partial charge < -0.3 is 19.9 Å². The van der Waals surface area contributed by atoms with E-state index in [1.165, 1.54) is 0 Å². The monoisotopic (exact) mass is 265 g/mol. The van der Waals surface area contributed by atoms with Gasteiger partial charge in [0, 0.05) is 12.5 Å². The number of benzene rings is 1. The number of hydrogen-bond acceptors (Lipinski definition) is 4. The summed E-state index contributed by atoms with van der Waals surface area (Å²) in [5.41, 5.74) is 6.07. The number of nitrogen functional groups attached to an aromatic ring is 1. The van der Waals surface area contributed by atoms with Gasteiger partial charge in [0.15, 0.2) is 0 Å². The third kappa shape index (κ3) is 2.95. The maximum atomic E-state index is 6.05. The zero-order chi connectivity index (χ0) is 14.3. The molecule has 1 saturated heterocycles. The van der Waals surface area contributed by atoms with Gasteiger partial charge in [0.2, 0.25) is 0 Å². The lowest BCUT2D eigenvalue weighted by molar-refractivity contribution is -0.0845. The number of methoxy groups -OCH3 is 1. The third-order valence-electron chi connectivity index (χ3n) is 3.48. The average molecular weight is 265 g/mol. The highest BCUT2D eigenvalue weighted by molar-refractivity contribution is 5.56. The van der Waals surface area contributed by atoms with Crippen molar-refractivity contribution >= 4 is 5.69 Å². The van der Waals surface area contributed by atoms with Crippen molar-refractivity contribution in [2.24, 2.45) is 0 Å². The minimum atomic E-state index is -0.324. The Balaban J connectivity index is 2.18. The largest absolute Gasteiger partial charge is 0.497 e. The molecule has 1 fully saturated rings. The molecule has 1 aliphatic rings. The van der Waals surface area contributed by atoms with Crippen LogP contribution in [0.1, 0.15) is 34.1 Å². The summed E-state index contributed by atoms with van der Waals surface area (Å²) in [7, 11) is 1.62. The minimum absolute atomic E-state index is 0.0156. The van der Waals surface area contributed by atoms with Crippen molar-refractivity contribution in [2.45, 2.75) is 51.4 Å². The smallest absolute Gasteiger partial charge is 0.143 e. The topological polar surface area (TPSA) is 53.7 Å². The summed E-state index contributed by atoms with van der Waals surface area (Å²) in [5, 5.41) is 0. The van der Waals surface area contributed by atoms with Gasteiger partial charge in [0.1, 0.15) is 23.2 Å². The van der Waals surface area contributed by atoms with Crippen molar-refractivity contribution in [1.29, 1.82) is 0 Å². The first-order valence-corrected chi connectivity index (χ1v) is 6.54. The molecule has 0 aromatic heterocycles. The maximum Gasteiger partial charge on any atom is 0.143 e. The molecule has 4 nitrogen and oxygen atoms in total. The standard InChI is InChI=1S/C15H23NO3/c1-14(2)9-13(15(3,4)19-14)18-12-7-6-10(17-5)8-11(12)16/h6-8,13H,9,16H2,1-5H3. The molecule has 1 atom stereocenters. The molecule has 0 saturated carbocycles. The van der Waals surface area contributed by atoms with Gasteiger partial charge in [-0.05, 0) is 39.8 Å². The predicted octanol–water partition coefficient (Wildman–Crippen LogP) is 3.00. The highest BCUT2D eigenvalue weighted by atomic mass is 16.6. The van der Waals surface area contributed by atoms with E-state index in [-0.39, 0.29) is 17.3 Å². The van der Waals surface area contributed by atoms with Crippen molar-refractivity contribution in [1.82, 2.24) is 0 Å². The molecule has 1 unspecified atom stereocenters. The summed E-state index contributed by atoms with van der Waals surface area (Å²) in [4.78, 5) is 0. The SMILES string of the molecule is COc1ccc(OC2CC(C)(C)OC2(C)C)c(N)c1. The van der Waals surface area contributed by atoms with Gasteiger partial charge in [-0.25, -0.2) is 0 Å². The third-order valence-corrected chi connectivity index (χ3v) is 3.48. The summed E-state index contributed by atoms with van der Waals surface area (Å²) >= 11 is 0. The molecular weight excluding hydrogens is 242 g/mol. The van der Waals surface area contributed by atoms with Crippen LogP contribution in [0, 0.1) is 0 Å². The Labute approximate surface area is 114 Å². The Bertz CT molecular complexity index is 468. The van der Waals surface area contributed by atoms with Crippen LogP contribution in [-0.4, -0.2) is 24.4 Å². The van der Waals surface area contributed by atoms with Gasteiger partial charge in [-0.3, -0.25) is 0 Å². The maximum absolute atomic E-state index is 6.05. The van der Waals surface area contributed by atoms with E-state index >= 15 is 0 Å². The second kappa shape index (κ2) is 4.60. The van der Waals surface area contributed by atoms with Crippen LogP contribution in [-0.2, 0) is 4.74 Å². The molecule has 1 heterocycles. The molecule has 1 aromatic rings. The first-order chi connectivity index (χ1) is 8.73. The highest BCUT2D eigenvalue weighted by Gasteiger charge is 2.47. The van der Waals surface area contributed by atoms with E-state index in [0.717, 1.165) is 12.2 Å². The molecule has 0 amide bonds. The van der Waals surface area contributed by atoms with Gasteiger partial charge in [-0.2, -0.15) is 0 Å². The van der Waals surface area contributed by atoms with Gasteiger partial charge >= 0.3 is 0 Å². The van der Waals surface area contributed by atoms with E-state index in [9.17, 15) is 0 Å². The molecule has 4 heteroatoms. The fourth-order valence-electron chi connectivity index (χ4n) is 2.61. The normalized spacial score (nSPS) is 24.2. The van der Waals surface area contributed by atoms with E-state index in [4.69, 9.17) is 19.9 Å². The minimum Gasteiger partial charge on any atom is -0.497 e. The van der Waals surface area contributed by atoms with Crippen LogP contribution in [0.3, 0.4) is 0 Å². The predicted molar refractivity (Wildman–Crippen MR) is 75.7 cm³/mol. The lowest BCUT2D eigenvalue weighted by atomic mass is 9.97. The van der Waals surface area contributed by atoms with Crippen LogP contribution in [0.4, 0.5) is 5.69 Å². The van der Waals surface area contributed by atoms with E-state index in [1.807, 2.05) is 26.0 Å². The second-order valence-corrected chi connectivity index (χ2v) is 6.18. The Kier molecular flexibility index (Phi) is 3.39. The molecule has 0 radical (unpaired) electrons. The zero-order valence-corrected chi connectivity index (χ0v) is 12.3. The lowest BCUT2D eigenvalue weighted by Gasteiger charge is -2.27. The van der Waals surface area contributed by atoms with Gasteiger partial charge in [0.25, 0.3) is 0 Å². The fourth-order valence-corrected chi connectivity index (χ4v) is 2.61. The molecule has 2 rings (SSSR count). The van der Waals surface area contributed by atoms with Crippen LogP contribution < -0.4 is 15.2 Å². The van der Waals surface area contributed by atoms with Crippen molar-refractivity contribution < 1.29 is 14.2 Å². The summed E-state index contributed by atoms with van der Waals surface area (Å²) < 4.78 is 17.2. The number of ether oxygens (including phenoxy) is 3. The summed E-state index contributed by atoms with van der Waals surface area (Å²) in [6.07, 6.45) is 0.823. The fraction of sp³-hybridized carbons (Fsp3) is 0.600. The van der Waals surface area contributed by atoms with Gasteiger partial charge in [-0.15, -0.1) is 0 Å². The van der Waals surface area contributed by atoms with Crippen molar-refractivity contribution in [3.8, 4) is 11.5 Å². The molecule has 2 N–H and O–H groups in total. The lowest BCUT2D eigenvalue weighted by Crippen LogP contribution is -2.36. The van der Waals surface area contributed by atoms with Crippen LogP contribution in [0.15, 0.2) is 18.2 Å². The van der Waals surface area contributed by atoms with E-state index < -0.39 is 0 Å². The van der Waals surface area contributed by atoms with Crippen molar-refractivity contribution in [2.75, 3.05) is 12.8 Å². The number of rotatable bonds is 3. The van der Waals surface area contributed by atoms with Crippen molar-refractivity contribution in [3.63, 3.8) is 0 Å². The van der Waals surface area contributed by atoms with Crippen LogP contribution >= 0.6 is 0 Å². The van der Waals surface area contributed by atoms with Crippen LogP contribution in [0.2, 0.25) is 0 Å². The second-order valence-electron chi connectivity index (χ2n) is 6.18. The zero-order valence-electron chi connectivity index (χ0n) is 12.3. The average Bonchev–Trinajstić information content (AvgIpc) is 2.49. The van der Waals surface area contributed by atoms with E-state index in [1.54, 1.807) is 13.2 Å². The van der Waals surface area contributed by atoms with Gasteiger partial charge in [-0.1, -0.05) is 0 Å². The number of nitrogens with two attached hydrogens (primary N) is 1. The molecule has 0 aliphatic carbocycles. The number of hydrogen-bond donors (Lipinski definition) is 1. The number of anilines is 1. The molecule has 1 aliphatic heterocycles. The molecule has 0 bridgehead atoms. The Morgan fingerprint density at radius 2 is 1.95 bits per heavy atom. The van der Waals surface area contributed by atoms with Crippen LogP contribution in [0.25, 0.3) is 0 Å². The molecule has 1 aromatic carbocycles. The molecular formula is C15H23NO3. The molecule has 19 heavy (non-hydrogen) atoms. The quantitative estimate of drug-likeness (QED) is 0.854. The first-order valence-electron chi connectivity index (χ1n) is 6.54. The summed E-state index contributed by atoms with van der Waals surface area (Å²) in [6, 6.07) is 5.46. The first kappa shape index (κ1) is 14.0.